The van der Waals surface area contributed by atoms with Crippen LogP contribution in [0.3, 0.4) is 0 Å². The third-order valence-electron chi connectivity index (χ3n) is 3.69. The van der Waals surface area contributed by atoms with E-state index >= 15 is 0 Å². The maximum atomic E-state index is 8.87. The Kier molecular flexibility index (Phi) is 4.01. The minimum absolute atomic E-state index is 0.336. The Morgan fingerprint density at radius 3 is 2.89 bits per heavy atom. The lowest BCUT2D eigenvalue weighted by Crippen LogP contribution is -2.39. The van der Waals surface area contributed by atoms with Crippen molar-refractivity contribution in [2.24, 2.45) is 18.1 Å². The number of aryl methyl sites for hydroxylation is 2. The maximum Gasteiger partial charge on any atom is 0.0625 e. The molecule has 1 aliphatic rings. The molecular formula is C13H22N4O. The first-order valence-corrected chi connectivity index (χ1v) is 6.59. The molecule has 1 atom stereocenters. The van der Waals surface area contributed by atoms with Gasteiger partial charge in [-0.25, -0.2) is 0 Å². The smallest absolute Gasteiger partial charge is 0.0625 e. The van der Waals surface area contributed by atoms with Crippen molar-refractivity contribution in [1.82, 2.24) is 14.7 Å². The van der Waals surface area contributed by atoms with Crippen molar-refractivity contribution in [3.8, 4) is 0 Å². The van der Waals surface area contributed by atoms with Crippen LogP contribution in [-0.4, -0.2) is 38.7 Å². The molecule has 1 aromatic heterocycles. The first kappa shape index (κ1) is 13.1. The summed E-state index contributed by atoms with van der Waals surface area (Å²) in [5, 5.41) is 16.7. The van der Waals surface area contributed by atoms with Gasteiger partial charge in [-0.1, -0.05) is 19.0 Å². The molecule has 0 radical (unpaired) electrons. The molecule has 1 fully saturated rings. The van der Waals surface area contributed by atoms with Crippen molar-refractivity contribution in [3.63, 3.8) is 0 Å². The number of aromatic nitrogens is 2. The Labute approximate surface area is 108 Å². The van der Waals surface area contributed by atoms with Crippen LogP contribution in [-0.2, 0) is 20.0 Å². The van der Waals surface area contributed by atoms with Crippen molar-refractivity contribution >= 4 is 5.71 Å². The molecule has 1 unspecified atom stereocenters. The predicted octanol–water partition coefficient (Wildman–Crippen LogP) is 1.65. The molecule has 0 aliphatic carbocycles. The number of piperidine rings is 1. The number of likely N-dealkylation sites (tertiary alicyclic amines) is 1. The first-order valence-electron chi connectivity index (χ1n) is 6.59. The van der Waals surface area contributed by atoms with E-state index in [1.54, 1.807) is 0 Å². The molecule has 0 aromatic carbocycles. The van der Waals surface area contributed by atoms with E-state index in [4.69, 9.17) is 5.21 Å². The van der Waals surface area contributed by atoms with Gasteiger partial charge in [0.05, 0.1) is 17.1 Å². The molecule has 0 saturated carbocycles. The van der Waals surface area contributed by atoms with Crippen LogP contribution in [0.1, 0.15) is 31.7 Å². The molecule has 1 N–H and O–H groups in total. The van der Waals surface area contributed by atoms with Crippen molar-refractivity contribution in [2.75, 3.05) is 13.1 Å². The van der Waals surface area contributed by atoms with Crippen LogP contribution in [0.25, 0.3) is 0 Å². The standard InChI is InChI=1S/C13H22N4O/c1-4-11-7-12(16(3)14-11)9-17-6-5-13(15-18)10(2)8-17/h7,10,18H,4-6,8-9H2,1-3H3/b15-13-. The molecule has 0 spiro atoms. The van der Waals surface area contributed by atoms with Gasteiger partial charge in [0, 0.05) is 39.0 Å². The zero-order valence-corrected chi connectivity index (χ0v) is 11.4. The van der Waals surface area contributed by atoms with E-state index in [0.29, 0.717) is 5.92 Å². The number of rotatable bonds is 3. The Morgan fingerprint density at radius 2 is 2.33 bits per heavy atom. The highest BCUT2D eigenvalue weighted by Crippen LogP contribution is 2.16. The molecule has 2 rings (SSSR count). The molecule has 5 nitrogen and oxygen atoms in total. The van der Waals surface area contributed by atoms with E-state index < -0.39 is 0 Å². The third-order valence-corrected chi connectivity index (χ3v) is 3.69. The Balaban J connectivity index is 2.00. The molecule has 100 valence electrons. The van der Waals surface area contributed by atoms with E-state index in [-0.39, 0.29) is 0 Å². The molecule has 2 heterocycles. The largest absolute Gasteiger partial charge is 0.411 e. The summed E-state index contributed by atoms with van der Waals surface area (Å²) in [5.41, 5.74) is 3.32. The van der Waals surface area contributed by atoms with Crippen LogP contribution >= 0.6 is 0 Å². The van der Waals surface area contributed by atoms with Gasteiger partial charge >= 0.3 is 0 Å². The summed E-state index contributed by atoms with van der Waals surface area (Å²) in [6.07, 6.45) is 1.84. The Bertz CT molecular complexity index is 438. The maximum absolute atomic E-state index is 8.87. The van der Waals surface area contributed by atoms with Crippen molar-refractivity contribution in [2.45, 2.75) is 33.2 Å². The summed E-state index contributed by atoms with van der Waals surface area (Å²) in [6, 6.07) is 2.18. The van der Waals surface area contributed by atoms with Gasteiger partial charge in [0.25, 0.3) is 0 Å². The second kappa shape index (κ2) is 5.52. The molecule has 0 amide bonds. The van der Waals surface area contributed by atoms with Gasteiger partial charge in [0.2, 0.25) is 0 Å². The van der Waals surface area contributed by atoms with E-state index in [9.17, 15) is 0 Å². The molecule has 18 heavy (non-hydrogen) atoms. The zero-order valence-electron chi connectivity index (χ0n) is 11.4. The van der Waals surface area contributed by atoms with Gasteiger partial charge < -0.3 is 5.21 Å². The lowest BCUT2D eigenvalue weighted by Gasteiger charge is -2.31. The normalized spacial score (nSPS) is 23.7. The average molecular weight is 250 g/mol. The molecule has 5 heteroatoms. The SMILES string of the molecule is CCc1cc(CN2CC/C(=N/O)C(C)C2)n(C)n1. The van der Waals surface area contributed by atoms with Crippen LogP contribution in [0, 0.1) is 5.92 Å². The molecule has 1 aromatic rings. The lowest BCUT2D eigenvalue weighted by molar-refractivity contribution is 0.223. The van der Waals surface area contributed by atoms with Crippen LogP contribution < -0.4 is 0 Å². The summed E-state index contributed by atoms with van der Waals surface area (Å²) in [6.45, 7) is 7.07. The fraction of sp³-hybridized carbons (Fsp3) is 0.692. The second-order valence-corrected chi connectivity index (χ2v) is 5.08. The van der Waals surface area contributed by atoms with Gasteiger partial charge in [-0.15, -0.1) is 0 Å². The molecule has 1 saturated heterocycles. The number of hydrogen-bond donors (Lipinski definition) is 1. The summed E-state index contributed by atoms with van der Waals surface area (Å²) < 4.78 is 1.97. The number of hydrogen-bond acceptors (Lipinski definition) is 4. The molecular weight excluding hydrogens is 228 g/mol. The lowest BCUT2D eigenvalue weighted by atomic mass is 9.97. The van der Waals surface area contributed by atoms with Crippen molar-refractivity contribution in [3.05, 3.63) is 17.5 Å². The summed E-state index contributed by atoms with van der Waals surface area (Å²) in [4.78, 5) is 2.40. The Morgan fingerprint density at radius 1 is 1.56 bits per heavy atom. The fourth-order valence-electron chi connectivity index (χ4n) is 2.52. The van der Waals surface area contributed by atoms with E-state index in [1.807, 2.05) is 11.7 Å². The number of oxime groups is 1. The molecule has 1 aliphatic heterocycles. The highest BCUT2D eigenvalue weighted by molar-refractivity contribution is 5.86. The highest BCUT2D eigenvalue weighted by atomic mass is 16.4. The zero-order chi connectivity index (χ0) is 13.1. The van der Waals surface area contributed by atoms with Gasteiger partial charge in [0.1, 0.15) is 0 Å². The molecule has 0 bridgehead atoms. The van der Waals surface area contributed by atoms with Crippen LogP contribution in [0.2, 0.25) is 0 Å². The summed E-state index contributed by atoms with van der Waals surface area (Å²) >= 11 is 0. The topological polar surface area (TPSA) is 53.6 Å². The Hall–Kier alpha value is -1.36. The van der Waals surface area contributed by atoms with E-state index in [0.717, 1.165) is 43.9 Å². The minimum atomic E-state index is 0.336. The van der Waals surface area contributed by atoms with Gasteiger partial charge in [-0.3, -0.25) is 9.58 Å². The van der Waals surface area contributed by atoms with Crippen molar-refractivity contribution in [1.29, 1.82) is 0 Å². The van der Waals surface area contributed by atoms with Crippen LogP contribution in [0.15, 0.2) is 11.2 Å². The highest BCUT2D eigenvalue weighted by Gasteiger charge is 2.23. The summed E-state index contributed by atoms with van der Waals surface area (Å²) in [5.74, 6) is 0.336. The van der Waals surface area contributed by atoms with Gasteiger partial charge in [0.15, 0.2) is 0 Å². The average Bonchev–Trinajstić information content (AvgIpc) is 2.70. The minimum Gasteiger partial charge on any atom is -0.411 e. The van der Waals surface area contributed by atoms with Gasteiger partial charge in [-0.05, 0) is 12.5 Å². The van der Waals surface area contributed by atoms with E-state index in [2.05, 4.69) is 35.1 Å². The third kappa shape index (κ3) is 2.72. The number of nitrogens with zero attached hydrogens (tertiary/aromatic N) is 4. The summed E-state index contributed by atoms with van der Waals surface area (Å²) in [7, 11) is 2.00. The fourth-order valence-corrected chi connectivity index (χ4v) is 2.52. The van der Waals surface area contributed by atoms with Gasteiger partial charge in [-0.2, -0.15) is 5.10 Å². The second-order valence-electron chi connectivity index (χ2n) is 5.08. The van der Waals surface area contributed by atoms with Crippen LogP contribution in [0.4, 0.5) is 0 Å². The van der Waals surface area contributed by atoms with Crippen LogP contribution in [0.5, 0.6) is 0 Å². The monoisotopic (exact) mass is 250 g/mol. The quantitative estimate of drug-likeness (QED) is 0.655. The van der Waals surface area contributed by atoms with Crippen molar-refractivity contribution < 1.29 is 5.21 Å². The predicted molar refractivity (Wildman–Crippen MR) is 70.9 cm³/mol. The van der Waals surface area contributed by atoms with E-state index in [1.165, 1.54) is 5.69 Å². The first-order chi connectivity index (χ1) is 8.63.